The average molecular weight is 269 g/mol. The topological polar surface area (TPSA) is 64.4 Å². The quantitative estimate of drug-likeness (QED) is 0.905. The third-order valence-electron chi connectivity index (χ3n) is 2.06. The van der Waals surface area contributed by atoms with Crippen molar-refractivity contribution in [3.8, 4) is 5.75 Å². The molecule has 0 saturated heterocycles. The zero-order chi connectivity index (χ0) is 21.4. The van der Waals surface area contributed by atoms with Gasteiger partial charge in [-0.1, -0.05) is 43.9 Å². The lowest BCUT2D eigenvalue weighted by atomic mass is 9.93. The van der Waals surface area contributed by atoms with Crippen molar-refractivity contribution in [2.45, 2.75) is 26.0 Å². The van der Waals surface area contributed by atoms with Gasteiger partial charge in [-0.15, -0.1) is 0 Å². The SMILES string of the molecule is [2H]C([2H])([2H])C(c1cc(NC(=O)Oc2ccccc2)no1)(C([2H])([2H])[2H])C([2H])([2H])[2H]. The predicted octanol–water partition coefficient (Wildman–Crippen LogP) is 3.58. The first-order chi connectivity index (χ1) is 12.7. The largest absolute Gasteiger partial charge is 0.418 e. The highest BCUT2D eigenvalue weighted by Crippen LogP contribution is 2.24. The molecule has 0 aliphatic carbocycles. The molecule has 1 N–H and O–H groups in total. The molecule has 0 spiro atoms. The Bertz CT molecular complexity index is 789. The summed E-state index contributed by atoms with van der Waals surface area (Å²) in [5.41, 5.74) is -3.34. The van der Waals surface area contributed by atoms with E-state index in [-0.39, 0.29) is 5.75 Å². The van der Waals surface area contributed by atoms with Crippen molar-refractivity contribution in [1.82, 2.24) is 5.16 Å². The highest BCUT2D eigenvalue weighted by atomic mass is 16.6. The van der Waals surface area contributed by atoms with Crippen LogP contribution in [0.1, 0.15) is 38.7 Å². The zero-order valence-electron chi connectivity index (χ0n) is 18.6. The molecule has 0 atom stereocenters. The molecular weight excluding hydrogens is 244 g/mol. The monoisotopic (exact) mass is 269 g/mol. The van der Waals surface area contributed by atoms with E-state index in [9.17, 15) is 4.79 Å². The van der Waals surface area contributed by atoms with Crippen LogP contribution in [-0.2, 0) is 5.41 Å². The Balaban J connectivity index is 2.38. The summed E-state index contributed by atoms with van der Waals surface area (Å²) in [6.07, 6.45) is -1.02. The second kappa shape index (κ2) is 5.14. The molecule has 0 aliphatic rings. The molecule has 1 heterocycles. The van der Waals surface area contributed by atoms with Crippen molar-refractivity contribution in [2.24, 2.45) is 0 Å². The van der Waals surface area contributed by atoms with Crippen molar-refractivity contribution in [3.63, 3.8) is 0 Å². The molecule has 1 aromatic heterocycles. The summed E-state index contributed by atoms with van der Waals surface area (Å²) in [5, 5.41) is 5.49. The van der Waals surface area contributed by atoms with Gasteiger partial charge in [-0.2, -0.15) is 0 Å². The van der Waals surface area contributed by atoms with E-state index >= 15 is 0 Å². The number of ether oxygens (including phenoxy) is 1. The van der Waals surface area contributed by atoms with Crippen molar-refractivity contribution < 1.29 is 26.4 Å². The van der Waals surface area contributed by atoms with Gasteiger partial charge in [0.15, 0.2) is 5.82 Å². The van der Waals surface area contributed by atoms with Crippen LogP contribution < -0.4 is 10.1 Å². The zero-order valence-corrected chi connectivity index (χ0v) is 9.64. The van der Waals surface area contributed by atoms with Gasteiger partial charge in [-0.3, -0.25) is 5.32 Å². The van der Waals surface area contributed by atoms with Crippen LogP contribution in [0.5, 0.6) is 5.75 Å². The van der Waals surface area contributed by atoms with Crippen molar-refractivity contribution in [2.75, 3.05) is 5.32 Å². The number of hydrogen-bond acceptors (Lipinski definition) is 4. The molecule has 2 rings (SSSR count). The number of carbonyl (C=O) groups is 1. The minimum Gasteiger partial charge on any atom is -0.410 e. The van der Waals surface area contributed by atoms with E-state index in [0.717, 1.165) is 6.07 Å². The molecule has 2 aromatic rings. The van der Waals surface area contributed by atoms with Crippen molar-refractivity contribution in [3.05, 3.63) is 42.2 Å². The van der Waals surface area contributed by atoms with Gasteiger partial charge in [0.25, 0.3) is 0 Å². The summed E-state index contributed by atoms with van der Waals surface area (Å²) in [6, 6.07) is 8.68. The Morgan fingerprint density at radius 3 is 2.79 bits per heavy atom. The maximum Gasteiger partial charge on any atom is 0.418 e. The number of carbonyl (C=O) groups excluding carboxylic acids is 1. The third kappa shape index (κ3) is 3.58. The van der Waals surface area contributed by atoms with Crippen LogP contribution in [0.4, 0.5) is 10.6 Å². The summed E-state index contributed by atoms with van der Waals surface area (Å²) < 4.78 is 78.1. The normalized spacial score (nSPS) is 20.1. The minimum atomic E-state index is -3.50. The summed E-state index contributed by atoms with van der Waals surface area (Å²) in [5.74, 6) is -1.13. The molecule has 0 aliphatic heterocycles. The number of nitrogens with one attached hydrogen (secondary N) is 1. The fourth-order valence-electron chi connectivity index (χ4n) is 1.24. The van der Waals surface area contributed by atoms with E-state index in [2.05, 4.69) is 10.5 Å². The van der Waals surface area contributed by atoms with E-state index in [1.807, 2.05) is 0 Å². The lowest BCUT2D eigenvalue weighted by Gasteiger charge is -2.12. The summed E-state index contributed by atoms with van der Waals surface area (Å²) in [6.45, 7) is -10.5. The smallest absolute Gasteiger partial charge is 0.410 e. The van der Waals surface area contributed by atoms with Gasteiger partial charge in [0.2, 0.25) is 0 Å². The number of aromatic nitrogens is 1. The van der Waals surface area contributed by atoms with Crippen LogP contribution in [0, 0.1) is 0 Å². The van der Waals surface area contributed by atoms with Gasteiger partial charge >= 0.3 is 6.09 Å². The van der Waals surface area contributed by atoms with Gasteiger partial charge in [0.1, 0.15) is 11.5 Å². The number of benzene rings is 1. The first kappa shape index (κ1) is 5.77. The highest BCUT2D eigenvalue weighted by Gasteiger charge is 2.20. The third-order valence-corrected chi connectivity index (χ3v) is 2.06. The van der Waals surface area contributed by atoms with Gasteiger partial charge < -0.3 is 9.26 Å². The van der Waals surface area contributed by atoms with Crippen LogP contribution >= 0.6 is 0 Å². The van der Waals surface area contributed by atoms with Gasteiger partial charge in [0.05, 0.1) is 0 Å². The van der Waals surface area contributed by atoms with Crippen LogP contribution in [0.25, 0.3) is 0 Å². The van der Waals surface area contributed by atoms with E-state index < -0.39 is 43.6 Å². The lowest BCUT2D eigenvalue weighted by Crippen LogP contribution is -2.16. The summed E-state index contributed by atoms with van der Waals surface area (Å²) in [4.78, 5) is 11.9. The fourth-order valence-corrected chi connectivity index (χ4v) is 1.24. The molecule has 5 heteroatoms. The Hall–Kier alpha value is -2.30. The lowest BCUT2D eigenvalue weighted by molar-refractivity contribution is 0.215. The molecule has 100 valence electrons. The molecule has 0 saturated carbocycles. The van der Waals surface area contributed by atoms with Gasteiger partial charge in [-0.25, -0.2) is 4.79 Å². The second-order valence-corrected chi connectivity index (χ2v) is 3.65. The molecule has 0 bridgehead atoms. The average Bonchev–Trinajstić information content (AvgIpc) is 2.91. The molecule has 5 nitrogen and oxygen atoms in total. The molecule has 0 fully saturated rings. The number of rotatable bonds is 2. The Labute approximate surface area is 124 Å². The fraction of sp³-hybridized carbons (Fsp3) is 0.286. The summed E-state index contributed by atoms with van der Waals surface area (Å²) in [7, 11) is 0. The van der Waals surface area contributed by atoms with E-state index in [0.29, 0.717) is 0 Å². The van der Waals surface area contributed by atoms with E-state index in [4.69, 9.17) is 21.6 Å². The molecule has 1 aromatic carbocycles. The number of anilines is 1. The maximum atomic E-state index is 11.9. The molecule has 19 heavy (non-hydrogen) atoms. The Morgan fingerprint density at radius 2 is 2.11 bits per heavy atom. The standard InChI is InChI=1S/C14H16N2O3/c1-14(2,3)11-9-12(16-19-11)15-13(17)18-10-7-5-4-6-8-10/h4-9H,1-3H3,(H,15,16,17)/i1D3,2D3,3D3. The molecule has 0 unspecified atom stereocenters. The first-order valence-electron chi connectivity index (χ1n) is 9.71. The maximum absolute atomic E-state index is 11.9. The number of nitrogens with zero attached hydrogens (tertiary/aromatic N) is 1. The second-order valence-electron chi connectivity index (χ2n) is 3.65. The van der Waals surface area contributed by atoms with E-state index in [1.165, 1.54) is 12.1 Å². The predicted molar refractivity (Wildman–Crippen MR) is 71.3 cm³/mol. The van der Waals surface area contributed by atoms with Gasteiger partial charge in [0, 0.05) is 23.8 Å². The molecule has 1 amide bonds. The first-order valence-corrected chi connectivity index (χ1v) is 5.21. The van der Waals surface area contributed by atoms with Gasteiger partial charge in [-0.05, 0) is 12.1 Å². The van der Waals surface area contributed by atoms with Crippen LogP contribution in [-0.4, -0.2) is 11.2 Å². The van der Waals surface area contributed by atoms with Crippen LogP contribution in [0.15, 0.2) is 40.9 Å². The van der Waals surface area contributed by atoms with Crippen molar-refractivity contribution >= 4 is 11.9 Å². The summed E-state index contributed by atoms with van der Waals surface area (Å²) >= 11 is 0. The highest BCUT2D eigenvalue weighted by molar-refractivity contribution is 5.85. The number of hydrogen-bond donors (Lipinski definition) is 1. The van der Waals surface area contributed by atoms with E-state index in [1.54, 1.807) is 18.2 Å². The minimum absolute atomic E-state index is 0.200. The number of amides is 1. The molecule has 0 radical (unpaired) electrons. The van der Waals surface area contributed by atoms with Crippen LogP contribution in [0.3, 0.4) is 0 Å². The Morgan fingerprint density at radius 1 is 1.37 bits per heavy atom. The molecular formula is C14H16N2O3. The van der Waals surface area contributed by atoms with Crippen molar-refractivity contribution in [1.29, 1.82) is 0 Å². The Kier molecular flexibility index (Phi) is 1.56. The van der Waals surface area contributed by atoms with Crippen LogP contribution in [0.2, 0.25) is 0 Å². The number of para-hydroxylation sites is 1.